The van der Waals surface area contributed by atoms with Crippen molar-refractivity contribution in [2.75, 3.05) is 43.4 Å². The lowest BCUT2D eigenvalue weighted by atomic mass is 10.4. The van der Waals surface area contributed by atoms with Gasteiger partial charge in [0.1, 0.15) is 18.0 Å². The second-order valence-corrected chi connectivity index (χ2v) is 4.74. The Hall–Kier alpha value is -1.85. The van der Waals surface area contributed by atoms with Gasteiger partial charge in [0.25, 0.3) is 0 Å². The SMILES string of the molecule is CCNc1cc(N(C)CC(=O)N2CCCC2)ncn1. The molecule has 2 rings (SSSR count). The fourth-order valence-corrected chi connectivity index (χ4v) is 2.18. The summed E-state index contributed by atoms with van der Waals surface area (Å²) in [6.07, 6.45) is 3.76. The summed E-state index contributed by atoms with van der Waals surface area (Å²) in [7, 11) is 1.88. The number of aromatic nitrogens is 2. The minimum Gasteiger partial charge on any atom is -0.370 e. The summed E-state index contributed by atoms with van der Waals surface area (Å²) in [5.74, 6) is 1.72. The topological polar surface area (TPSA) is 61.4 Å². The van der Waals surface area contributed by atoms with E-state index in [1.807, 2.05) is 29.8 Å². The van der Waals surface area contributed by atoms with Crippen LogP contribution in [0.15, 0.2) is 12.4 Å². The lowest BCUT2D eigenvalue weighted by Crippen LogP contribution is -2.37. The minimum atomic E-state index is 0.170. The Morgan fingerprint density at radius 2 is 2.16 bits per heavy atom. The summed E-state index contributed by atoms with van der Waals surface area (Å²) in [5.41, 5.74) is 0. The molecular formula is C13H21N5O. The molecule has 6 heteroatoms. The molecule has 0 spiro atoms. The molecule has 0 unspecified atom stereocenters. The predicted octanol–water partition coefficient (Wildman–Crippen LogP) is 0.967. The first-order valence-electron chi connectivity index (χ1n) is 6.75. The molecule has 2 heterocycles. The van der Waals surface area contributed by atoms with Crippen molar-refractivity contribution in [2.24, 2.45) is 0 Å². The molecule has 19 heavy (non-hydrogen) atoms. The highest BCUT2D eigenvalue weighted by Gasteiger charge is 2.19. The van der Waals surface area contributed by atoms with E-state index in [4.69, 9.17) is 0 Å². The van der Waals surface area contributed by atoms with E-state index in [0.29, 0.717) is 6.54 Å². The van der Waals surface area contributed by atoms with Crippen LogP contribution in [0.5, 0.6) is 0 Å². The van der Waals surface area contributed by atoms with Gasteiger partial charge in [-0.15, -0.1) is 0 Å². The smallest absolute Gasteiger partial charge is 0.242 e. The molecular weight excluding hydrogens is 242 g/mol. The van der Waals surface area contributed by atoms with E-state index in [-0.39, 0.29) is 5.91 Å². The fourth-order valence-electron chi connectivity index (χ4n) is 2.18. The van der Waals surface area contributed by atoms with Gasteiger partial charge in [0.05, 0.1) is 6.54 Å². The fraction of sp³-hybridized carbons (Fsp3) is 0.615. The molecule has 1 aromatic rings. The Bertz CT molecular complexity index is 431. The summed E-state index contributed by atoms with van der Waals surface area (Å²) >= 11 is 0. The van der Waals surface area contributed by atoms with Gasteiger partial charge in [-0.2, -0.15) is 0 Å². The minimum absolute atomic E-state index is 0.170. The first-order valence-corrected chi connectivity index (χ1v) is 6.75. The molecule has 0 saturated carbocycles. The van der Waals surface area contributed by atoms with Crippen LogP contribution in [0.3, 0.4) is 0 Å². The third-order valence-corrected chi connectivity index (χ3v) is 3.23. The van der Waals surface area contributed by atoms with Crippen LogP contribution >= 0.6 is 0 Å². The van der Waals surface area contributed by atoms with Gasteiger partial charge in [-0.25, -0.2) is 9.97 Å². The van der Waals surface area contributed by atoms with Gasteiger partial charge in [-0.1, -0.05) is 0 Å². The first kappa shape index (κ1) is 13.6. The number of rotatable bonds is 5. The number of hydrogen-bond acceptors (Lipinski definition) is 5. The van der Waals surface area contributed by atoms with Crippen molar-refractivity contribution < 1.29 is 4.79 Å². The van der Waals surface area contributed by atoms with Gasteiger partial charge in [0.2, 0.25) is 5.91 Å². The van der Waals surface area contributed by atoms with Gasteiger partial charge in [-0.05, 0) is 19.8 Å². The van der Waals surface area contributed by atoms with Gasteiger partial charge in [0.15, 0.2) is 0 Å². The number of nitrogens with one attached hydrogen (secondary N) is 1. The summed E-state index contributed by atoms with van der Waals surface area (Å²) in [4.78, 5) is 24.2. The Morgan fingerprint density at radius 3 is 2.84 bits per heavy atom. The van der Waals surface area contributed by atoms with Crippen molar-refractivity contribution in [2.45, 2.75) is 19.8 Å². The van der Waals surface area contributed by atoms with E-state index >= 15 is 0 Å². The quantitative estimate of drug-likeness (QED) is 0.857. The van der Waals surface area contributed by atoms with Crippen LogP contribution in [0.4, 0.5) is 11.6 Å². The Balaban J connectivity index is 1.96. The normalized spacial score (nSPS) is 14.5. The lowest BCUT2D eigenvalue weighted by Gasteiger charge is -2.22. The van der Waals surface area contributed by atoms with Crippen LogP contribution < -0.4 is 10.2 Å². The maximum atomic E-state index is 12.1. The largest absolute Gasteiger partial charge is 0.370 e. The van der Waals surface area contributed by atoms with Crippen molar-refractivity contribution in [3.8, 4) is 0 Å². The van der Waals surface area contributed by atoms with Gasteiger partial charge in [-0.3, -0.25) is 4.79 Å². The van der Waals surface area contributed by atoms with E-state index < -0.39 is 0 Å². The first-order chi connectivity index (χ1) is 9.20. The van der Waals surface area contributed by atoms with Crippen LogP contribution in [0.1, 0.15) is 19.8 Å². The van der Waals surface area contributed by atoms with Crippen molar-refractivity contribution in [1.29, 1.82) is 0 Å². The van der Waals surface area contributed by atoms with Crippen molar-refractivity contribution >= 4 is 17.5 Å². The number of likely N-dealkylation sites (N-methyl/N-ethyl adjacent to an activating group) is 1. The van der Waals surface area contributed by atoms with Crippen LogP contribution in [0.25, 0.3) is 0 Å². The molecule has 104 valence electrons. The summed E-state index contributed by atoms with van der Waals surface area (Å²) < 4.78 is 0. The van der Waals surface area contributed by atoms with E-state index in [0.717, 1.165) is 44.1 Å². The lowest BCUT2D eigenvalue weighted by molar-refractivity contribution is -0.128. The third-order valence-electron chi connectivity index (χ3n) is 3.23. The second kappa shape index (κ2) is 6.36. The molecule has 1 aliphatic heterocycles. The standard InChI is InChI=1S/C13H21N5O/c1-3-14-11-8-12(16-10-15-11)17(2)9-13(19)18-6-4-5-7-18/h8,10H,3-7,9H2,1-2H3,(H,14,15,16). The molecule has 0 radical (unpaired) electrons. The van der Waals surface area contributed by atoms with Crippen molar-refractivity contribution in [1.82, 2.24) is 14.9 Å². The number of nitrogens with zero attached hydrogens (tertiary/aromatic N) is 4. The number of likely N-dealkylation sites (tertiary alicyclic amines) is 1. The number of amides is 1. The third kappa shape index (κ3) is 3.56. The highest BCUT2D eigenvalue weighted by atomic mass is 16.2. The Kier molecular flexibility index (Phi) is 4.54. The molecule has 1 aromatic heterocycles. The number of carbonyl (C=O) groups is 1. The molecule has 0 atom stereocenters. The Labute approximate surface area is 113 Å². The highest BCUT2D eigenvalue weighted by Crippen LogP contribution is 2.14. The van der Waals surface area contributed by atoms with Crippen LogP contribution in [-0.2, 0) is 4.79 Å². The molecule has 6 nitrogen and oxygen atoms in total. The van der Waals surface area contributed by atoms with E-state index in [9.17, 15) is 4.79 Å². The maximum Gasteiger partial charge on any atom is 0.242 e. The molecule has 1 aliphatic rings. The molecule has 0 aliphatic carbocycles. The van der Waals surface area contributed by atoms with Crippen LogP contribution in [0, 0.1) is 0 Å². The molecule has 0 aromatic carbocycles. The van der Waals surface area contributed by atoms with E-state index in [2.05, 4.69) is 15.3 Å². The zero-order chi connectivity index (χ0) is 13.7. The predicted molar refractivity (Wildman–Crippen MR) is 75.3 cm³/mol. The van der Waals surface area contributed by atoms with Gasteiger partial charge in [0, 0.05) is 32.7 Å². The summed E-state index contributed by atoms with van der Waals surface area (Å²) in [6, 6.07) is 1.86. The second-order valence-electron chi connectivity index (χ2n) is 4.74. The van der Waals surface area contributed by atoms with E-state index in [1.54, 1.807) is 0 Å². The molecule has 0 bridgehead atoms. The summed E-state index contributed by atoms with van der Waals surface area (Å²) in [6.45, 7) is 4.97. The molecule has 1 N–H and O–H groups in total. The molecule has 1 saturated heterocycles. The summed E-state index contributed by atoms with van der Waals surface area (Å²) in [5, 5.41) is 3.14. The van der Waals surface area contributed by atoms with E-state index in [1.165, 1.54) is 6.33 Å². The van der Waals surface area contributed by atoms with Crippen molar-refractivity contribution in [3.05, 3.63) is 12.4 Å². The van der Waals surface area contributed by atoms with Gasteiger partial charge < -0.3 is 15.1 Å². The highest BCUT2D eigenvalue weighted by molar-refractivity contribution is 5.81. The van der Waals surface area contributed by atoms with Crippen LogP contribution in [-0.4, -0.2) is 54.0 Å². The number of hydrogen-bond donors (Lipinski definition) is 1. The van der Waals surface area contributed by atoms with Crippen molar-refractivity contribution in [3.63, 3.8) is 0 Å². The average Bonchev–Trinajstić information content (AvgIpc) is 2.93. The average molecular weight is 263 g/mol. The van der Waals surface area contributed by atoms with Crippen LogP contribution in [0.2, 0.25) is 0 Å². The Morgan fingerprint density at radius 1 is 1.42 bits per heavy atom. The van der Waals surface area contributed by atoms with Gasteiger partial charge >= 0.3 is 0 Å². The zero-order valence-electron chi connectivity index (χ0n) is 11.6. The number of anilines is 2. The molecule has 1 amide bonds. The molecule has 1 fully saturated rings. The monoisotopic (exact) mass is 263 g/mol. The maximum absolute atomic E-state index is 12.1. The zero-order valence-corrected chi connectivity index (χ0v) is 11.6. The number of carbonyl (C=O) groups excluding carboxylic acids is 1.